The third-order valence-corrected chi connectivity index (χ3v) is 4.51. The number of rotatable bonds is 3. The van der Waals surface area contributed by atoms with E-state index in [9.17, 15) is 4.79 Å². The van der Waals surface area contributed by atoms with Gasteiger partial charge in [-0.15, -0.1) is 24.0 Å². The van der Waals surface area contributed by atoms with Crippen LogP contribution in [0.3, 0.4) is 0 Å². The molecule has 0 unspecified atom stereocenters. The lowest BCUT2D eigenvalue weighted by molar-refractivity contribution is -0.117. The number of halogens is 1. The summed E-state index contributed by atoms with van der Waals surface area (Å²) in [6.07, 6.45) is 5.87. The van der Waals surface area contributed by atoms with Gasteiger partial charge in [-0.25, -0.2) is 0 Å². The third kappa shape index (κ3) is 4.37. The number of anilines is 1. The quantitative estimate of drug-likeness (QED) is 0.442. The van der Waals surface area contributed by atoms with Gasteiger partial charge in [0.2, 0.25) is 5.91 Å². The maximum atomic E-state index is 12.4. The Morgan fingerprint density at radius 2 is 2.04 bits per heavy atom. The zero-order valence-corrected chi connectivity index (χ0v) is 15.9. The van der Waals surface area contributed by atoms with Crippen molar-refractivity contribution in [2.75, 3.05) is 25.0 Å². The first kappa shape index (κ1) is 18.0. The molecule has 0 spiro atoms. The molecular formula is C17H25IN4O. The molecule has 1 fully saturated rings. The van der Waals surface area contributed by atoms with Gasteiger partial charge in [-0.05, 0) is 30.9 Å². The molecule has 1 aliphatic heterocycles. The number of benzene rings is 1. The van der Waals surface area contributed by atoms with Crippen molar-refractivity contribution in [2.45, 2.75) is 38.1 Å². The summed E-state index contributed by atoms with van der Waals surface area (Å²) >= 11 is 0. The smallest absolute Gasteiger partial charge is 0.246 e. The highest BCUT2D eigenvalue weighted by atomic mass is 127. The van der Waals surface area contributed by atoms with Crippen LogP contribution in [0.5, 0.6) is 0 Å². The van der Waals surface area contributed by atoms with Crippen LogP contribution in [0, 0.1) is 0 Å². The number of fused-ring (bicyclic) bond motifs is 1. The van der Waals surface area contributed by atoms with Gasteiger partial charge >= 0.3 is 0 Å². The van der Waals surface area contributed by atoms with Crippen LogP contribution < -0.4 is 15.5 Å². The normalized spacial score (nSPS) is 17.6. The Hall–Kier alpha value is -1.31. The Bertz CT molecular complexity index is 569. The minimum atomic E-state index is 0. The highest BCUT2D eigenvalue weighted by Crippen LogP contribution is 2.27. The molecule has 23 heavy (non-hydrogen) atoms. The Labute approximate surface area is 154 Å². The minimum Gasteiger partial charge on any atom is -0.354 e. The largest absolute Gasteiger partial charge is 0.354 e. The maximum Gasteiger partial charge on any atom is 0.246 e. The third-order valence-electron chi connectivity index (χ3n) is 4.51. The molecule has 1 heterocycles. The molecular weight excluding hydrogens is 403 g/mol. The summed E-state index contributed by atoms with van der Waals surface area (Å²) in [6.45, 7) is 1.05. The molecule has 0 saturated heterocycles. The first-order valence-electron chi connectivity index (χ1n) is 8.13. The van der Waals surface area contributed by atoms with Crippen molar-refractivity contribution in [3.05, 3.63) is 29.8 Å². The fourth-order valence-electron chi connectivity index (χ4n) is 3.31. The molecule has 1 saturated carbocycles. The second-order valence-electron chi connectivity index (χ2n) is 5.98. The summed E-state index contributed by atoms with van der Waals surface area (Å²) < 4.78 is 0. The Morgan fingerprint density at radius 3 is 2.78 bits per heavy atom. The van der Waals surface area contributed by atoms with Gasteiger partial charge in [0.25, 0.3) is 0 Å². The fourth-order valence-corrected chi connectivity index (χ4v) is 3.31. The van der Waals surface area contributed by atoms with Gasteiger partial charge in [0, 0.05) is 25.3 Å². The van der Waals surface area contributed by atoms with Crippen molar-refractivity contribution in [2.24, 2.45) is 4.99 Å². The molecule has 6 heteroatoms. The van der Waals surface area contributed by atoms with Crippen LogP contribution >= 0.6 is 24.0 Å². The zero-order valence-electron chi connectivity index (χ0n) is 13.5. The molecule has 1 aliphatic carbocycles. The van der Waals surface area contributed by atoms with E-state index in [0.29, 0.717) is 6.04 Å². The zero-order chi connectivity index (χ0) is 15.4. The van der Waals surface area contributed by atoms with E-state index in [0.717, 1.165) is 24.6 Å². The highest BCUT2D eigenvalue weighted by Gasteiger charge is 2.24. The van der Waals surface area contributed by atoms with E-state index in [1.165, 1.54) is 31.2 Å². The Morgan fingerprint density at radius 1 is 1.30 bits per heavy atom. The maximum absolute atomic E-state index is 12.4. The lowest BCUT2D eigenvalue weighted by Gasteiger charge is -2.20. The van der Waals surface area contributed by atoms with Crippen molar-refractivity contribution in [1.82, 2.24) is 10.6 Å². The monoisotopic (exact) mass is 428 g/mol. The molecule has 1 aromatic rings. The van der Waals surface area contributed by atoms with Crippen LogP contribution in [0.25, 0.3) is 0 Å². The molecule has 0 aromatic heterocycles. The summed E-state index contributed by atoms with van der Waals surface area (Å²) in [5, 5.41) is 6.55. The second-order valence-corrected chi connectivity index (χ2v) is 5.98. The molecule has 0 radical (unpaired) electrons. The van der Waals surface area contributed by atoms with Crippen molar-refractivity contribution < 1.29 is 4.79 Å². The number of amides is 1. The first-order chi connectivity index (χ1) is 10.8. The summed E-state index contributed by atoms with van der Waals surface area (Å²) in [7, 11) is 1.75. The molecule has 2 aliphatic rings. The van der Waals surface area contributed by atoms with Crippen molar-refractivity contribution in [3.8, 4) is 0 Å². The molecule has 1 amide bonds. The fraction of sp³-hybridized carbons (Fsp3) is 0.529. The molecule has 1 aromatic carbocycles. The number of nitrogens with zero attached hydrogens (tertiary/aromatic N) is 2. The van der Waals surface area contributed by atoms with Gasteiger partial charge < -0.3 is 15.5 Å². The second kappa shape index (κ2) is 8.52. The predicted molar refractivity (Wildman–Crippen MR) is 105 cm³/mol. The van der Waals surface area contributed by atoms with Crippen molar-refractivity contribution >= 4 is 41.5 Å². The van der Waals surface area contributed by atoms with Gasteiger partial charge in [0.15, 0.2) is 5.96 Å². The van der Waals surface area contributed by atoms with E-state index in [1.54, 1.807) is 7.05 Å². The number of hydrogen-bond donors (Lipinski definition) is 2. The Balaban J connectivity index is 0.00000192. The predicted octanol–water partition coefficient (Wildman–Crippen LogP) is 2.30. The van der Waals surface area contributed by atoms with Crippen LogP contribution in [0.15, 0.2) is 29.3 Å². The summed E-state index contributed by atoms with van der Waals surface area (Å²) in [5.41, 5.74) is 2.30. The van der Waals surface area contributed by atoms with Gasteiger partial charge in [0.05, 0.1) is 6.54 Å². The molecule has 0 bridgehead atoms. The van der Waals surface area contributed by atoms with Gasteiger partial charge in [-0.1, -0.05) is 31.0 Å². The summed E-state index contributed by atoms with van der Waals surface area (Å²) in [5.74, 6) is 0.826. The van der Waals surface area contributed by atoms with Crippen LogP contribution in [-0.4, -0.2) is 38.0 Å². The summed E-state index contributed by atoms with van der Waals surface area (Å²) in [4.78, 5) is 18.5. The first-order valence-corrected chi connectivity index (χ1v) is 8.13. The number of guanidine groups is 1. The van der Waals surface area contributed by atoms with E-state index in [4.69, 9.17) is 0 Å². The number of carbonyl (C=O) groups excluding carboxylic acids is 1. The van der Waals surface area contributed by atoms with E-state index in [1.807, 2.05) is 23.1 Å². The lowest BCUT2D eigenvalue weighted by atomic mass is 10.2. The number of para-hydroxylation sites is 1. The SMILES string of the molecule is CN=C(NCC(=O)N1CCc2ccccc21)NC1CCCC1.I. The average Bonchev–Trinajstić information content (AvgIpc) is 3.20. The van der Waals surface area contributed by atoms with Gasteiger partial charge in [-0.2, -0.15) is 0 Å². The number of aliphatic imine (C=N–C) groups is 1. The standard InChI is InChI=1S/C17H24N4O.HI/c1-18-17(20-14-7-3-4-8-14)19-12-16(22)21-11-10-13-6-2-5-9-15(13)21;/h2,5-6,9,14H,3-4,7-8,10-12H2,1H3,(H2,18,19,20);1H. The minimum absolute atomic E-state index is 0. The molecule has 0 atom stereocenters. The number of nitrogens with one attached hydrogen (secondary N) is 2. The van der Waals surface area contributed by atoms with Crippen LogP contribution in [0.4, 0.5) is 5.69 Å². The van der Waals surface area contributed by atoms with E-state index < -0.39 is 0 Å². The van der Waals surface area contributed by atoms with E-state index >= 15 is 0 Å². The lowest BCUT2D eigenvalue weighted by Crippen LogP contribution is -2.46. The topological polar surface area (TPSA) is 56.7 Å². The number of carbonyl (C=O) groups is 1. The molecule has 126 valence electrons. The van der Waals surface area contributed by atoms with E-state index in [-0.39, 0.29) is 36.4 Å². The van der Waals surface area contributed by atoms with Crippen LogP contribution in [-0.2, 0) is 11.2 Å². The average molecular weight is 428 g/mol. The molecule has 5 nitrogen and oxygen atoms in total. The highest BCUT2D eigenvalue weighted by molar-refractivity contribution is 14.0. The summed E-state index contributed by atoms with van der Waals surface area (Å²) in [6, 6.07) is 8.62. The van der Waals surface area contributed by atoms with Gasteiger partial charge in [0.1, 0.15) is 0 Å². The van der Waals surface area contributed by atoms with Crippen molar-refractivity contribution in [1.29, 1.82) is 0 Å². The number of hydrogen-bond acceptors (Lipinski definition) is 2. The molecule has 2 N–H and O–H groups in total. The van der Waals surface area contributed by atoms with Crippen LogP contribution in [0.1, 0.15) is 31.2 Å². The Kier molecular flexibility index (Phi) is 6.68. The van der Waals surface area contributed by atoms with Gasteiger partial charge in [-0.3, -0.25) is 9.79 Å². The molecule has 3 rings (SSSR count). The van der Waals surface area contributed by atoms with Crippen molar-refractivity contribution in [3.63, 3.8) is 0 Å². The van der Waals surface area contributed by atoms with E-state index in [2.05, 4.69) is 21.7 Å². The van der Waals surface area contributed by atoms with Crippen LogP contribution in [0.2, 0.25) is 0 Å².